The highest BCUT2D eigenvalue weighted by Crippen LogP contribution is 2.53. The van der Waals surface area contributed by atoms with Crippen molar-refractivity contribution in [1.82, 2.24) is 0 Å². The zero-order valence-corrected chi connectivity index (χ0v) is 29.6. The van der Waals surface area contributed by atoms with Crippen LogP contribution < -0.4 is 0 Å². The minimum absolute atomic E-state index is 0.789. The quantitative estimate of drug-likeness (QED) is 0.0801. The van der Waals surface area contributed by atoms with Crippen LogP contribution in [-0.2, 0) is 25.7 Å². The number of benzene rings is 5. The molecule has 7 rings (SSSR count). The minimum atomic E-state index is 0.789. The predicted molar refractivity (Wildman–Crippen MR) is 213 cm³/mol. The van der Waals surface area contributed by atoms with E-state index < -0.39 is 0 Å². The number of thiophene rings is 2. The van der Waals surface area contributed by atoms with E-state index >= 15 is 0 Å². The normalized spacial score (nSPS) is 11.9. The molecule has 6 heteroatoms. The topological polar surface area (TPSA) is 0 Å². The van der Waals surface area contributed by atoms with E-state index in [2.05, 4.69) is 83.6 Å². The minimum Gasteiger partial charge on any atom is -0.179 e. The summed E-state index contributed by atoms with van der Waals surface area (Å²) in [6, 6.07) is 26.9. The Bertz CT molecular complexity index is 1850. The molecule has 0 unspecified atom stereocenters. The van der Waals surface area contributed by atoms with E-state index in [0.717, 1.165) is 48.7 Å². The monoisotopic (exact) mass is 682 g/mol. The second-order valence-electron chi connectivity index (χ2n) is 11.1. The predicted octanol–water partition coefficient (Wildman–Crippen LogP) is 11.6. The molecule has 0 aliphatic heterocycles. The summed E-state index contributed by atoms with van der Waals surface area (Å²) in [6.07, 6.45) is 3.62. The third-order valence-electron chi connectivity index (χ3n) is 8.81. The fourth-order valence-electron chi connectivity index (χ4n) is 7.25. The lowest BCUT2D eigenvalue weighted by Crippen LogP contribution is -2.05. The van der Waals surface area contributed by atoms with Crippen molar-refractivity contribution in [3.8, 4) is 22.3 Å². The van der Waals surface area contributed by atoms with Crippen LogP contribution in [0.3, 0.4) is 0 Å². The molecule has 0 saturated heterocycles. The molecule has 0 saturated carbocycles. The molecular weight excluding hydrogens is 649 g/mol. The van der Waals surface area contributed by atoms with E-state index in [1.165, 1.54) is 86.2 Å². The Kier molecular flexibility index (Phi) is 9.28. The molecule has 2 heterocycles. The summed E-state index contributed by atoms with van der Waals surface area (Å²) in [5.41, 5.74) is 10.9. The van der Waals surface area contributed by atoms with Gasteiger partial charge in [-0.2, -0.15) is 50.5 Å². The fourth-order valence-corrected chi connectivity index (χ4v) is 10.1. The SMILES string of the molecule is SCCc1c2ccsc2c(CCS)c2c(-c3ccccc3)c3c(CCS)c4sccc4c(CCS)c3c(-c3ccccc3)c12. The maximum Gasteiger partial charge on any atom is 0.0384 e. The zero-order valence-electron chi connectivity index (χ0n) is 24.3. The van der Waals surface area contributed by atoms with Crippen LogP contribution in [0, 0.1) is 0 Å². The van der Waals surface area contributed by atoms with Crippen molar-refractivity contribution in [1.29, 1.82) is 0 Å². The first-order chi connectivity index (χ1) is 21.7. The molecule has 2 aromatic heterocycles. The van der Waals surface area contributed by atoms with Crippen molar-refractivity contribution < 1.29 is 0 Å². The summed E-state index contributed by atoms with van der Waals surface area (Å²) >= 11 is 23.1. The van der Waals surface area contributed by atoms with Gasteiger partial charge >= 0.3 is 0 Å². The van der Waals surface area contributed by atoms with Crippen molar-refractivity contribution in [3.63, 3.8) is 0 Å². The van der Waals surface area contributed by atoms with Gasteiger partial charge in [0.2, 0.25) is 0 Å². The van der Waals surface area contributed by atoms with Crippen LogP contribution in [0.5, 0.6) is 0 Å². The summed E-state index contributed by atoms with van der Waals surface area (Å²) in [5, 5.41) is 12.8. The third-order valence-corrected chi connectivity index (χ3v) is 11.7. The first kappa shape index (κ1) is 30.6. The Morgan fingerprint density at radius 1 is 0.409 bits per heavy atom. The standard InChI is InChI=1S/C38H34S6/c39-17-11-25-27-15-21-43-37(27)29(13-19-41)35-32(24-9-5-2-6-10-24)36-30(14-20-42)38-28(16-22-44-38)26(12-18-40)34(36)31(33(25)35)23-7-3-1-4-8-23/h1-10,15-16,21-22,39-42H,11-14,17-20H2. The maximum atomic E-state index is 4.84. The highest BCUT2D eigenvalue weighted by Gasteiger charge is 2.28. The van der Waals surface area contributed by atoms with Gasteiger partial charge in [0.25, 0.3) is 0 Å². The summed E-state index contributed by atoms with van der Waals surface area (Å²) in [6.45, 7) is 0. The van der Waals surface area contributed by atoms with E-state index in [-0.39, 0.29) is 0 Å². The average molecular weight is 683 g/mol. The molecule has 44 heavy (non-hydrogen) atoms. The van der Waals surface area contributed by atoms with Crippen molar-refractivity contribution in [2.45, 2.75) is 25.7 Å². The van der Waals surface area contributed by atoms with Crippen LogP contribution in [0.4, 0.5) is 0 Å². The molecule has 0 aliphatic rings. The van der Waals surface area contributed by atoms with E-state index in [9.17, 15) is 0 Å². The van der Waals surface area contributed by atoms with Crippen LogP contribution in [-0.4, -0.2) is 23.0 Å². The first-order valence-corrected chi connectivity index (χ1v) is 19.4. The number of rotatable bonds is 10. The summed E-state index contributed by atoms with van der Waals surface area (Å²) in [5.74, 6) is 3.16. The molecule has 222 valence electrons. The molecule has 0 bridgehead atoms. The smallest absolute Gasteiger partial charge is 0.0384 e. The Balaban J connectivity index is 1.92. The van der Waals surface area contributed by atoms with E-state index in [1.807, 2.05) is 22.7 Å². The largest absolute Gasteiger partial charge is 0.179 e. The Morgan fingerprint density at radius 3 is 1.11 bits per heavy atom. The number of aryl methyl sites for hydroxylation is 4. The van der Waals surface area contributed by atoms with Gasteiger partial charge in [-0.05, 0) is 148 Å². The van der Waals surface area contributed by atoms with Crippen LogP contribution in [0.2, 0.25) is 0 Å². The lowest BCUT2D eigenvalue weighted by molar-refractivity contribution is 1.18. The molecule has 0 atom stereocenters. The summed E-state index contributed by atoms with van der Waals surface area (Å²) in [7, 11) is 0. The zero-order chi connectivity index (χ0) is 30.2. The number of hydrogen-bond donors (Lipinski definition) is 4. The van der Waals surface area contributed by atoms with Crippen LogP contribution >= 0.6 is 73.2 Å². The molecular formula is C38H34S6. The van der Waals surface area contributed by atoms with Gasteiger partial charge in [-0.1, -0.05) is 60.7 Å². The van der Waals surface area contributed by atoms with Gasteiger partial charge in [0, 0.05) is 9.40 Å². The highest BCUT2D eigenvalue weighted by atomic mass is 32.1. The van der Waals surface area contributed by atoms with Crippen molar-refractivity contribution in [2.75, 3.05) is 23.0 Å². The molecule has 0 nitrogen and oxygen atoms in total. The second-order valence-corrected chi connectivity index (χ2v) is 14.7. The molecule has 5 aromatic carbocycles. The van der Waals surface area contributed by atoms with E-state index in [1.54, 1.807) is 0 Å². The van der Waals surface area contributed by atoms with Gasteiger partial charge in [0.05, 0.1) is 0 Å². The van der Waals surface area contributed by atoms with Crippen LogP contribution in [0.15, 0.2) is 83.6 Å². The highest BCUT2D eigenvalue weighted by molar-refractivity contribution is 7.80. The van der Waals surface area contributed by atoms with Crippen molar-refractivity contribution >= 4 is 115 Å². The lowest BCUT2D eigenvalue weighted by atomic mass is 9.77. The van der Waals surface area contributed by atoms with Gasteiger partial charge in [-0.25, -0.2) is 0 Å². The first-order valence-electron chi connectivity index (χ1n) is 15.1. The van der Waals surface area contributed by atoms with Crippen molar-refractivity contribution in [2.24, 2.45) is 0 Å². The van der Waals surface area contributed by atoms with Crippen molar-refractivity contribution in [3.05, 3.63) is 106 Å². The Hall–Kier alpha value is -2.06. The van der Waals surface area contributed by atoms with Gasteiger partial charge in [-0.3, -0.25) is 0 Å². The van der Waals surface area contributed by atoms with Gasteiger partial charge in [-0.15, -0.1) is 22.7 Å². The van der Waals surface area contributed by atoms with Crippen LogP contribution in [0.1, 0.15) is 22.3 Å². The molecule has 7 aromatic rings. The number of fused-ring (bicyclic) bond motifs is 4. The second kappa shape index (κ2) is 13.4. The fraction of sp³-hybridized carbons (Fsp3) is 0.211. The molecule has 0 N–H and O–H groups in total. The molecule has 0 radical (unpaired) electrons. The van der Waals surface area contributed by atoms with Gasteiger partial charge < -0.3 is 0 Å². The Morgan fingerprint density at radius 2 is 0.750 bits per heavy atom. The van der Waals surface area contributed by atoms with Gasteiger partial charge in [0.1, 0.15) is 0 Å². The molecule has 0 aliphatic carbocycles. The van der Waals surface area contributed by atoms with Crippen LogP contribution in [0.25, 0.3) is 64.0 Å². The van der Waals surface area contributed by atoms with E-state index in [0.29, 0.717) is 0 Å². The average Bonchev–Trinajstić information content (AvgIpc) is 3.75. The van der Waals surface area contributed by atoms with Gasteiger partial charge in [0.15, 0.2) is 0 Å². The number of hydrogen-bond acceptors (Lipinski definition) is 6. The third kappa shape index (κ3) is 5.01. The molecule has 0 amide bonds. The van der Waals surface area contributed by atoms with E-state index in [4.69, 9.17) is 50.5 Å². The molecule has 0 fully saturated rings. The maximum absolute atomic E-state index is 4.84. The summed E-state index contributed by atoms with van der Waals surface area (Å²) < 4.78 is 2.78. The molecule has 0 spiro atoms. The Labute approximate surface area is 289 Å². The lowest BCUT2D eigenvalue weighted by Gasteiger charge is -2.27. The number of thiol groups is 4. The summed E-state index contributed by atoms with van der Waals surface area (Å²) in [4.78, 5) is 0.